The second-order valence-corrected chi connectivity index (χ2v) is 11.5. The van der Waals surface area contributed by atoms with E-state index in [1.54, 1.807) is 12.1 Å². The second-order valence-electron chi connectivity index (χ2n) is 11.5. The van der Waals surface area contributed by atoms with E-state index < -0.39 is 11.9 Å². The Morgan fingerprint density at radius 1 is 1.06 bits per heavy atom. The third kappa shape index (κ3) is 4.54. The van der Waals surface area contributed by atoms with Crippen LogP contribution in [0.1, 0.15) is 89.2 Å². The fourth-order valence-corrected chi connectivity index (χ4v) is 6.05. The quantitative estimate of drug-likeness (QED) is 0.422. The van der Waals surface area contributed by atoms with Gasteiger partial charge in [-0.15, -0.1) is 0 Å². The highest BCUT2D eigenvalue weighted by Crippen LogP contribution is 2.46. The molecule has 0 radical (unpaired) electrons. The van der Waals surface area contributed by atoms with Crippen molar-refractivity contribution in [2.45, 2.75) is 91.1 Å². The first-order valence-corrected chi connectivity index (χ1v) is 13.1. The van der Waals surface area contributed by atoms with Gasteiger partial charge in [0.1, 0.15) is 11.7 Å². The predicted molar refractivity (Wildman–Crippen MR) is 138 cm³/mol. The van der Waals surface area contributed by atoms with Crippen LogP contribution >= 0.6 is 0 Å². The van der Waals surface area contributed by atoms with Gasteiger partial charge in [-0.25, -0.2) is 4.79 Å². The van der Waals surface area contributed by atoms with Gasteiger partial charge in [-0.3, -0.25) is 9.59 Å². The van der Waals surface area contributed by atoms with E-state index in [0.29, 0.717) is 46.2 Å². The number of dihydropyridines is 1. The van der Waals surface area contributed by atoms with Gasteiger partial charge in [-0.2, -0.15) is 0 Å². The number of esters is 1. The molecule has 2 aromatic rings. The van der Waals surface area contributed by atoms with E-state index in [9.17, 15) is 14.4 Å². The van der Waals surface area contributed by atoms with E-state index in [1.165, 1.54) is 6.26 Å². The number of rotatable bonds is 3. The highest BCUT2D eigenvalue weighted by molar-refractivity contribution is 6.04. The highest BCUT2D eigenvalue weighted by atomic mass is 16.5. The number of ketones is 1. The molecule has 5 rings (SSSR count). The van der Waals surface area contributed by atoms with Crippen LogP contribution in [0.2, 0.25) is 0 Å². The first kappa shape index (κ1) is 24.5. The van der Waals surface area contributed by atoms with E-state index in [2.05, 4.69) is 19.2 Å². The molecule has 0 amide bonds. The lowest BCUT2D eigenvalue weighted by atomic mass is 9.68. The van der Waals surface area contributed by atoms with Crippen molar-refractivity contribution in [3.8, 4) is 0 Å². The Morgan fingerprint density at radius 2 is 1.78 bits per heavy atom. The lowest BCUT2D eigenvalue weighted by molar-refractivity contribution is -0.145. The molecule has 1 N–H and O–H groups in total. The molecule has 1 aromatic heterocycles. The van der Waals surface area contributed by atoms with Crippen LogP contribution in [0.15, 0.2) is 56.2 Å². The maximum Gasteiger partial charge on any atom is 0.337 e. The minimum Gasteiger partial charge on any atom is -0.464 e. The molecule has 6 nitrogen and oxygen atoms in total. The molecule has 0 bridgehead atoms. The fraction of sp³-hybridized carbons (Fsp3) is 0.500. The standard InChI is InChI=1S/C30H35NO5/c1-17-11-12-24-20(13-17)28(33)21(16-35-24)26-25(29(34)36-19-9-7-5-6-8-10-19)18(2)31-22-14-30(3,4)15-23(32)27(22)26/h11-13,16,19,26,31H,5-10,14-15H2,1-4H3/t26-/m1/s1. The molecule has 36 heavy (non-hydrogen) atoms. The molecule has 1 atom stereocenters. The number of carbonyl (C=O) groups excluding carboxylic acids is 2. The zero-order valence-corrected chi connectivity index (χ0v) is 21.7. The van der Waals surface area contributed by atoms with Crippen molar-refractivity contribution >= 4 is 22.7 Å². The highest BCUT2D eigenvalue weighted by Gasteiger charge is 2.44. The number of carbonyl (C=O) groups is 2. The Bertz CT molecular complexity index is 1350. The molecule has 2 aliphatic carbocycles. The molecule has 0 unspecified atom stereocenters. The summed E-state index contributed by atoms with van der Waals surface area (Å²) < 4.78 is 11.9. The Morgan fingerprint density at radius 3 is 2.50 bits per heavy atom. The van der Waals surface area contributed by atoms with Gasteiger partial charge in [-0.05, 0) is 63.5 Å². The minimum absolute atomic E-state index is 0.0465. The summed E-state index contributed by atoms with van der Waals surface area (Å²) in [4.78, 5) is 41.1. The van der Waals surface area contributed by atoms with Crippen LogP contribution in [0.5, 0.6) is 0 Å². The number of fused-ring (bicyclic) bond motifs is 1. The lowest BCUT2D eigenvalue weighted by Crippen LogP contribution is -2.40. The average molecular weight is 490 g/mol. The number of allylic oxidation sites excluding steroid dienone is 3. The molecule has 1 aliphatic heterocycles. The molecule has 1 aromatic carbocycles. The van der Waals surface area contributed by atoms with Crippen molar-refractivity contribution < 1.29 is 18.7 Å². The monoisotopic (exact) mass is 489 g/mol. The van der Waals surface area contributed by atoms with Crippen molar-refractivity contribution in [3.63, 3.8) is 0 Å². The van der Waals surface area contributed by atoms with Gasteiger partial charge in [0.15, 0.2) is 11.2 Å². The van der Waals surface area contributed by atoms with Gasteiger partial charge >= 0.3 is 5.97 Å². The van der Waals surface area contributed by atoms with Gasteiger partial charge in [0, 0.05) is 29.0 Å². The molecule has 0 spiro atoms. The van der Waals surface area contributed by atoms with Crippen LogP contribution in [0.4, 0.5) is 0 Å². The van der Waals surface area contributed by atoms with Crippen LogP contribution in [0.25, 0.3) is 11.0 Å². The van der Waals surface area contributed by atoms with E-state index >= 15 is 0 Å². The van der Waals surface area contributed by atoms with E-state index in [1.807, 2.05) is 19.9 Å². The van der Waals surface area contributed by atoms with Crippen molar-refractivity contribution in [2.75, 3.05) is 0 Å². The Hall–Kier alpha value is -3.15. The van der Waals surface area contributed by atoms with Gasteiger partial charge in [-0.1, -0.05) is 38.3 Å². The molecule has 0 saturated heterocycles. The van der Waals surface area contributed by atoms with Crippen LogP contribution in [-0.4, -0.2) is 17.9 Å². The number of aryl methyl sites for hydroxylation is 1. The summed E-state index contributed by atoms with van der Waals surface area (Å²) in [6.07, 6.45) is 8.35. The summed E-state index contributed by atoms with van der Waals surface area (Å²) >= 11 is 0. The maximum atomic E-state index is 13.8. The molecular weight excluding hydrogens is 454 g/mol. The molecule has 3 aliphatic rings. The van der Waals surface area contributed by atoms with Crippen LogP contribution < -0.4 is 10.7 Å². The topological polar surface area (TPSA) is 85.6 Å². The number of ether oxygens (including phenoxy) is 1. The number of hydrogen-bond acceptors (Lipinski definition) is 6. The Labute approximate surface area is 211 Å². The van der Waals surface area contributed by atoms with Crippen molar-refractivity contribution in [1.29, 1.82) is 0 Å². The summed E-state index contributed by atoms with van der Waals surface area (Å²) in [5.74, 6) is -1.32. The normalized spacial score (nSPS) is 22.8. The molecule has 2 heterocycles. The summed E-state index contributed by atoms with van der Waals surface area (Å²) in [5.41, 5.74) is 3.55. The van der Waals surface area contributed by atoms with Crippen LogP contribution in [0.3, 0.4) is 0 Å². The van der Waals surface area contributed by atoms with E-state index in [0.717, 1.165) is 49.8 Å². The van der Waals surface area contributed by atoms with Crippen LogP contribution in [0, 0.1) is 12.3 Å². The number of Topliss-reactive ketones (excluding diaryl/α,β-unsaturated/α-hetero) is 1. The smallest absolute Gasteiger partial charge is 0.337 e. The van der Waals surface area contributed by atoms with Crippen molar-refractivity contribution in [3.05, 3.63) is 68.4 Å². The van der Waals surface area contributed by atoms with Gasteiger partial charge in [0.2, 0.25) is 0 Å². The van der Waals surface area contributed by atoms with Gasteiger partial charge in [0.25, 0.3) is 0 Å². The average Bonchev–Trinajstić information content (AvgIpc) is 3.06. The van der Waals surface area contributed by atoms with Gasteiger partial charge < -0.3 is 14.5 Å². The maximum absolute atomic E-state index is 13.8. The Kier molecular flexibility index (Phi) is 6.39. The zero-order valence-electron chi connectivity index (χ0n) is 21.7. The first-order valence-electron chi connectivity index (χ1n) is 13.1. The number of nitrogens with one attached hydrogen (secondary N) is 1. The summed E-state index contributed by atoms with van der Waals surface area (Å²) in [6, 6.07) is 5.47. The van der Waals surface area contributed by atoms with Gasteiger partial charge in [0.05, 0.1) is 23.1 Å². The third-order valence-electron chi connectivity index (χ3n) is 7.80. The third-order valence-corrected chi connectivity index (χ3v) is 7.80. The number of hydrogen-bond donors (Lipinski definition) is 1. The number of benzene rings is 1. The van der Waals surface area contributed by atoms with E-state index in [-0.39, 0.29) is 22.7 Å². The fourth-order valence-electron chi connectivity index (χ4n) is 6.05. The van der Waals surface area contributed by atoms with E-state index in [4.69, 9.17) is 9.15 Å². The second kappa shape index (κ2) is 9.38. The minimum atomic E-state index is -0.815. The molecular formula is C30H35NO5. The summed E-state index contributed by atoms with van der Waals surface area (Å²) in [5, 5.41) is 3.81. The predicted octanol–water partition coefficient (Wildman–Crippen LogP) is 5.97. The molecule has 1 saturated carbocycles. The zero-order chi connectivity index (χ0) is 25.6. The molecule has 1 fully saturated rings. The molecule has 190 valence electrons. The SMILES string of the molecule is CC1=C(C(=O)OC2CCCCCC2)[C@@H](c2coc3ccc(C)cc3c2=O)C2=C(CC(C)(C)CC2=O)N1. The Balaban J connectivity index is 1.64. The van der Waals surface area contributed by atoms with Crippen molar-refractivity contribution in [1.82, 2.24) is 5.32 Å². The molecule has 6 heteroatoms. The summed E-state index contributed by atoms with van der Waals surface area (Å²) in [6.45, 7) is 7.88. The largest absolute Gasteiger partial charge is 0.464 e. The summed E-state index contributed by atoms with van der Waals surface area (Å²) in [7, 11) is 0. The lowest BCUT2D eigenvalue weighted by Gasteiger charge is -2.39. The first-order chi connectivity index (χ1) is 17.1. The van der Waals surface area contributed by atoms with Crippen molar-refractivity contribution in [2.24, 2.45) is 5.41 Å². The van der Waals surface area contributed by atoms with Crippen LogP contribution in [-0.2, 0) is 14.3 Å².